The molecule has 70 valence electrons. The summed E-state index contributed by atoms with van der Waals surface area (Å²) in [5, 5.41) is 3.36. The maximum atomic E-state index is 3.51. The van der Waals surface area contributed by atoms with Crippen LogP contribution in [-0.4, -0.2) is 7.05 Å². The second-order valence-electron chi connectivity index (χ2n) is 3.58. The van der Waals surface area contributed by atoms with Crippen molar-refractivity contribution in [3.8, 4) is 0 Å². The first-order valence-corrected chi connectivity index (χ1v) is 5.56. The molecule has 1 N–H and O–H groups in total. The van der Waals surface area contributed by atoms with Crippen molar-refractivity contribution in [2.24, 2.45) is 0 Å². The topological polar surface area (TPSA) is 12.0 Å². The lowest BCUT2D eigenvalue weighted by atomic mass is 9.88. The van der Waals surface area contributed by atoms with Crippen LogP contribution in [0.25, 0.3) is 0 Å². The van der Waals surface area contributed by atoms with Crippen LogP contribution in [0.1, 0.15) is 30.0 Å². The van der Waals surface area contributed by atoms with Gasteiger partial charge in [-0.1, -0.05) is 22.0 Å². The van der Waals surface area contributed by atoms with Crippen LogP contribution in [0.5, 0.6) is 0 Å². The van der Waals surface area contributed by atoms with E-state index in [0.29, 0.717) is 6.04 Å². The molecule has 0 fully saturated rings. The van der Waals surface area contributed by atoms with Gasteiger partial charge in [-0.3, -0.25) is 0 Å². The largest absolute Gasteiger partial charge is 0.313 e. The summed E-state index contributed by atoms with van der Waals surface area (Å²) < 4.78 is 1.20. The molecule has 0 aliphatic heterocycles. The van der Waals surface area contributed by atoms with E-state index in [1.807, 2.05) is 7.05 Å². The van der Waals surface area contributed by atoms with Gasteiger partial charge in [0.15, 0.2) is 0 Å². The number of halogens is 1. The molecule has 1 atom stereocenters. The van der Waals surface area contributed by atoms with Gasteiger partial charge < -0.3 is 5.32 Å². The number of hydrogen-bond acceptors (Lipinski definition) is 1. The Hall–Kier alpha value is -0.340. The van der Waals surface area contributed by atoms with Gasteiger partial charge in [0.25, 0.3) is 0 Å². The minimum absolute atomic E-state index is 0.567. The molecule has 0 saturated heterocycles. The molecule has 0 radical (unpaired) electrons. The molecule has 13 heavy (non-hydrogen) atoms. The predicted octanol–water partition coefficient (Wildman–Crippen LogP) is 3.05. The number of benzene rings is 1. The molecule has 0 aromatic heterocycles. The van der Waals surface area contributed by atoms with Crippen LogP contribution in [0.4, 0.5) is 0 Å². The van der Waals surface area contributed by atoms with Crippen molar-refractivity contribution >= 4 is 15.9 Å². The molecule has 1 nitrogen and oxygen atoms in total. The van der Waals surface area contributed by atoms with Gasteiger partial charge in [0, 0.05) is 10.5 Å². The fourth-order valence-electron chi connectivity index (χ4n) is 2.08. The lowest BCUT2D eigenvalue weighted by molar-refractivity contribution is 0.496. The van der Waals surface area contributed by atoms with Crippen LogP contribution in [0.15, 0.2) is 22.7 Å². The zero-order chi connectivity index (χ0) is 9.26. The SMILES string of the molecule is CN[C@@H]1CCCc2cc(Br)ccc21. The number of fused-ring (bicyclic) bond motifs is 1. The first-order valence-electron chi connectivity index (χ1n) is 4.77. The Bertz CT molecular complexity index is 309. The van der Waals surface area contributed by atoms with Crippen LogP contribution in [0, 0.1) is 0 Å². The average Bonchev–Trinajstić information content (AvgIpc) is 2.16. The summed E-state index contributed by atoms with van der Waals surface area (Å²) in [4.78, 5) is 0. The highest BCUT2D eigenvalue weighted by Crippen LogP contribution is 2.31. The highest BCUT2D eigenvalue weighted by Gasteiger charge is 2.17. The third-order valence-electron chi connectivity index (χ3n) is 2.77. The van der Waals surface area contributed by atoms with E-state index >= 15 is 0 Å². The molecule has 0 unspecified atom stereocenters. The van der Waals surface area contributed by atoms with Crippen molar-refractivity contribution in [1.29, 1.82) is 0 Å². The van der Waals surface area contributed by atoms with Crippen molar-refractivity contribution in [2.75, 3.05) is 7.05 Å². The fraction of sp³-hybridized carbons (Fsp3) is 0.455. The van der Waals surface area contributed by atoms with E-state index in [1.54, 1.807) is 0 Å². The van der Waals surface area contributed by atoms with Crippen molar-refractivity contribution in [2.45, 2.75) is 25.3 Å². The van der Waals surface area contributed by atoms with Crippen LogP contribution in [0.2, 0.25) is 0 Å². The van der Waals surface area contributed by atoms with Gasteiger partial charge in [-0.05, 0) is 49.6 Å². The normalized spacial score (nSPS) is 21.2. The maximum Gasteiger partial charge on any atom is 0.0320 e. The van der Waals surface area contributed by atoms with Crippen molar-refractivity contribution in [1.82, 2.24) is 5.32 Å². The summed E-state index contributed by atoms with van der Waals surface area (Å²) in [5.41, 5.74) is 2.98. The molecular formula is C11H14BrN. The van der Waals surface area contributed by atoms with Gasteiger partial charge in [0.05, 0.1) is 0 Å². The zero-order valence-electron chi connectivity index (χ0n) is 7.81. The van der Waals surface area contributed by atoms with E-state index < -0.39 is 0 Å². The van der Waals surface area contributed by atoms with E-state index in [9.17, 15) is 0 Å². The van der Waals surface area contributed by atoms with Crippen LogP contribution in [-0.2, 0) is 6.42 Å². The number of aryl methyl sites for hydroxylation is 1. The van der Waals surface area contributed by atoms with Crippen LogP contribution < -0.4 is 5.32 Å². The summed E-state index contributed by atoms with van der Waals surface area (Å²) in [7, 11) is 2.04. The first kappa shape index (κ1) is 9.22. The number of rotatable bonds is 1. The zero-order valence-corrected chi connectivity index (χ0v) is 9.39. The molecule has 0 spiro atoms. The molecule has 1 aromatic rings. The third-order valence-corrected chi connectivity index (χ3v) is 3.26. The Kier molecular flexibility index (Phi) is 2.70. The second kappa shape index (κ2) is 3.81. The molecule has 0 saturated carbocycles. The van der Waals surface area contributed by atoms with Crippen molar-refractivity contribution in [3.63, 3.8) is 0 Å². The Balaban J connectivity index is 2.40. The van der Waals surface area contributed by atoms with E-state index in [-0.39, 0.29) is 0 Å². The predicted molar refractivity (Wildman–Crippen MR) is 58.9 cm³/mol. The molecule has 2 rings (SSSR count). The molecule has 0 heterocycles. The smallest absolute Gasteiger partial charge is 0.0320 e. The summed E-state index contributed by atoms with van der Waals surface area (Å²) >= 11 is 3.51. The lowest BCUT2D eigenvalue weighted by Gasteiger charge is -2.25. The molecular weight excluding hydrogens is 226 g/mol. The van der Waals surface area contributed by atoms with Gasteiger partial charge in [-0.15, -0.1) is 0 Å². The summed E-state index contributed by atoms with van der Waals surface area (Å²) in [6.07, 6.45) is 3.80. The van der Waals surface area contributed by atoms with Gasteiger partial charge in [-0.25, -0.2) is 0 Å². The monoisotopic (exact) mass is 239 g/mol. The Morgan fingerprint density at radius 2 is 2.31 bits per heavy atom. The summed E-state index contributed by atoms with van der Waals surface area (Å²) in [6, 6.07) is 7.18. The molecule has 1 aliphatic rings. The van der Waals surface area contributed by atoms with E-state index in [1.165, 1.54) is 34.9 Å². The minimum Gasteiger partial charge on any atom is -0.313 e. The minimum atomic E-state index is 0.567. The van der Waals surface area contributed by atoms with Crippen molar-refractivity contribution in [3.05, 3.63) is 33.8 Å². The van der Waals surface area contributed by atoms with Gasteiger partial charge >= 0.3 is 0 Å². The molecule has 2 heteroatoms. The summed E-state index contributed by atoms with van der Waals surface area (Å²) in [6.45, 7) is 0. The van der Waals surface area contributed by atoms with Gasteiger partial charge in [-0.2, -0.15) is 0 Å². The second-order valence-corrected chi connectivity index (χ2v) is 4.49. The lowest BCUT2D eigenvalue weighted by Crippen LogP contribution is -2.21. The highest BCUT2D eigenvalue weighted by molar-refractivity contribution is 9.10. The maximum absolute atomic E-state index is 3.51. The van der Waals surface area contributed by atoms with Crippen LogP contribution >= 0.6 is 15.9 Å². The standard InChI is InChI=1S/C11H14BrN/c1-13-11-4-2-3-8-7-9(12)5-6-10(8)11/h5-7,11,13H,2-4H2,1H3/t11-/m1/s1. The fourth-order valence-corrected chi connectivity index (χ4v) is 2.49. The Labute approximate surface area is 87.7 Å². The van der Waals surface area contributed by atoms with Gasteiger partial charge in [0.1, 0.15) is 0 Å². The molecule has 0 amide bonds. The highest BCUT2D eigenvalue weighted by atomic mass is 79.9. The van der Waals surface area contributed by atoms with E-state index in [4.69, 9.17) is 0 Å². The molecule has 1 aliphatic carbocycles. The third kappa shape index (κ3) is 1.79. The quantitative estimate of drug-likeness (QED) is 0.795. The Morgan fingerprint density at radius 3 is 3.08 bits per heavy atom. The Morgan fingerprint density at radius 1 is 1.46 bits per heavy atom. The van der Waals surface area contributed by atoms with E-state index in [2.05, 4.69) is 39.4 Å². The number of hydrogen-bond donors (Lipinski definition) is 1. The average molecular weight is 240 g/mol. The van der Waals surface area contributed by atoms with E-state index in [0.717, 1.165) is 0 Å². The van der Waals surface area contributed by atoms with Gasteiger partial charge in [0.2, 0.25) is 0 Å². The van der Waals surface area contributed by atoms with Crippen molar-refractivity contribution < 1.29 is 0 Å². The molecule has 0 bridgehead atoms. The van der Waals surface area contributed by atoms with Crippen LogP contribution in [0.3, 0.4) is 0 Å². The molecule has 1 aromatic carbocycles. The first-order chi connectivity index (χ1) is 6.31. The summed E-state index contributed by atoms with van der Waals surface area (Å²) in [5.74, 6) is 0. The number of nitrogens with one attached hydrogen (secondary N) is 1.